The van der Waals surface area contributed by atoms with Gasteiger partial charge in [-0.05, 0) is 62.3 Å². The van der Waals surface area contributed by atoms with Crippen LogP contribution in [0.4, 0.5) is 5.69 Å². The summed E-state index contributed by atoms with van der Waals surface area (Å²) in [5.41, 5.74) is 2.18. The molecule has 0 spiro atoms. The molecule has 0 aromatic heterocycles. The second-order valence-corrected chi connectivity index (χ2v) is 7.34. The Kier molecular flexibility index (Phi) is 7.70. The van der Waals surface area contributed by atoms with Gasteiger partial charge in [0.05, 0.1) is 12.5 Å². The molecular formula is C19H28Cl2N2O. The Labute approximate surface area is 155 Å². The molecule has 1 fully saturated rings. The monoisotopic (exact) mass is 370 g/mol. The van der Waals surface area contributed by atoms with E-state index in [-0.39, 0.29) is 11.8 Å². The minimum absolute atomic E-state index is 0.125. The van der Waals surface area contributed by atoms with Crippen molar-refractivity contribution in [3.63, 3.8) is 0 Å². The molecule has 1 atom stereocenters. The lowest BCUT2D eigenvalue weighted by Crippen LogP contribution is -2.32. The van der Waals surface area contributed by atoms with E-state index in [0.717, 1.165) is 37.4 Å². The van der Waals surface area contributed by atoms with Crippen LogP contribution in [0.3, 0.4) is 0 Å². The highest BCUT2D eigenvalue weighted by atomic mass is 35.5. The average Bonchev–Trinajstić information content (AvgIpc) is 2.58. The van der Waals surface area contributed by atoms with Crippen LogP contribution in [0.25, 0.3) is 0 Å². The van der Waals surface area contributed by atoms with Gasteiger partial charge in [0.1, 0.15) is 0 Å². The van der Waals surface area contributed by atoms with Crippen molar-refractivity contribution >= 4 is 34.8 Å². The van der Waals surface area contributed by atoms with Crippen molar-refractivity contribution in [2.24, 2.45) is 5.92 Å². The normalized spacial score (nSPS) is 16.9. The third-order valence-electron chi connectivity index (χ3n) is 4.75. The van der Waals surface area contributed by atoms with Gasteiger partial charge in [0.2, 0.25) is 0 Å². The van der Waals surface area contributed by atoms with E-state index in [9.17, 15) is 0 Å². The van der Waals surface area contributed by atoms with Crippen molar-refractivity contribution in [3.8, 4) is 0 Å². The number of alkyl halides is 1. The number of anilines is 1. The van der Waals surface area contributed by atoms with Crippen LogP contribution in [0, 0.1) is 11.3 Å². The van der Waals surface area contributed by atoms with Crippen molar-refractivity contribution in [2.45, 2.75) is 45.4 Å². The van der Waals surface area contributed by atoms with Gasteiger partial charge < -0.3 is 9.64 Å². The van der Waals surface area contributed by atoms with Crippen LogP contribution in [-0.4, -0.2) is 31.5 Å². The lowest BCUT2D eigenvalue weighted by Gasteiger charge is -2.33. The molecule has 0 bridgehead atoms. The Hall–Kier alpha value is -0.930. The number of nitrogens with one attached hydrogen (secondary N) is 1. The second-order valence-electron chi connectivity index (χ2n) is 6.56. The molecule has 5 heteroatoms. The van der Waals surface area contributed by atoms with Crippen LogP contribution < -0.4 is 4.90 Å². The zero-order valence-electron chi connectivity index (χ0n) is 14.7. The van der Waals surface area contributed by atoms with E-state index in [1.165, 1.54) is 18.5 Å². The molecule has 0 radical (unpaired) electrons. The van der Waals surface area contributed by atoms with Crippen LogP contribution in [0.5, 0.6) is 0 Å². The van der Waals surface area contributed by atoms with Gasteiger partial charge in [-0.1, -0.05) is 18.5 Å². The van der Waals surface area contributed by atoms with Gasteiger partial charge in [-0.25, -0.2) is 0 Å². The van der Waals surface area contributed by atoms with Gasteiger partial charge in [0.25, 0.3) is 0 Å². The molecule has 0 amide bonds. The van der Waals surface area contributed by atoms with E-state index < -0.39 is 0 Å². The summed E-state index contributed by atoms with van der Waals surface area (Å²) >= 11 is 12.3. The maximum Gasteiger partial charge on any atom is 0.188 e. The summed E-state index contributed by atoms with van der Waals surface area (Å²) in [7, 11) is 0. The Morgan fingerprint density at radius 1 is 1.38 bits per heavy atom. The predicted molar refractivity (Wildman–Crippen MR) is 104 cm³/mol. The van der Waals surface area contributed by atoms with Crippen molar-refractivity contribution in [1.29, 1.82) is 5.41 Å². The Morgan fingerprint density at radius 2 is 2.08 bits per heavy atom. The number of ether oxygens (including phenoxy) is 1. The molecule has 0 saturated carbocycles. The van der Waals surface area contributed by atoms with Crippen molar-refractivity contribution in [2.75, 3.05) is 30.5 Å². The molecule has 1 aliphatic heterocycles. The standard InChI is InChI=1S/C19H28Cl2N2O/c1-3-24-19(22)16(5-4-10-20)17-13-15(6-7-18(17)21)23-11-8-14(2)9-12-23/h6-7,13-14,16,22H,3-5,8-12H2,1-2H3. The summed E-state index contributed by atoms with van der Waals surface area (Å²) in [6.07, 6.45) is 4.07. The zero-order chi connectivity index (χ0) is 17.5. The summed E-state index contributed by atoms with van der Waals surface area (Å²) in [5.74, 6) is 1.54. The Balaban J connectivity index is 2.25. The minimum atomic E-state index is -0.125. The first-order valence-corrected chi connectivity index (χ1v) is 9.79. The van der Waals surface area contributed by atoms with Crippen molar-refractivity contribution in [1.82, 2.24) is 0 Å². The molecule has 1 unspecified atom stereocenters. The highest BCUT2D eigenvalue weighted by molar-refractivity contribution is 6.31. The summed E-state index contributed by atoms with van der Waals surface area (Å²) in [4.78, 5) is 2.42. The first kappa shape index (κ1) is 19.4. The van der Waals surface area contributed by atoms with E-state index in [1.807, 2.05) is 13.0 Å². The zero-order valence-corrected chi connectivity index (χ0v) is 16.2. The molecule has 1 N–H and O–H groups in total. The largest absolute Gasteiger partial charge is 0.481 e. The van der Waals surface area contributed by atoms with Crippen LogP contribution in [0.15, 0.2) is 18.2 Å². The fourth-order valence-electron chi connectivity index (χ4n) is 3.23. The SMILES string of the molecule is CCOC(=N)C(CCCCl)c1cc(N2CCC(C)CC2)ccc1Cl. The summed E-state index contributed by atoms with van der Waals surface area (Å²) in [6.45, 7) is 6.88. The molecule has 0 aliphatic carbocycles. The minimum Gasteiger partial charge on any atom is -0.481 e. The molecule has 134 valence electrons. The first-order chi connectivity index (χ1) is 11.6. The quantitative estimate of drug-likeness (QED) is 0.380. The first-order valence-electron chi connectivity index (χ1n) is 8.88. The van der Waals surface area contributed by atoms with Crippen molar-refractivity contribution in [3.05, 3.63) is 28.8 Å². The van der Waals surface area contributed by atoms with Gasteiger partial charge in [0.15, 0.2) is 5.90 Å². The molecule has 1 saturated heterocycles. The lowest BCUT2D eigenvalue weighted by atomic mass is 9.92. The maximum atomic E-state index is 8.26. The smallest absolute Gasteiger partial charge is 0.188 e. The number of rotatable bonds is 7. The average molecular weight is 371 g/mol. The van der Waals surface area contributed by atoms with Crippen LogP contribution >= 0.6 is 23.2 Å². The lowest BCUT2D eigenvalue weighted by molar-refractivity contribution is 0.305. The Bertz CT molecular complexity index is 542. The van der Waals surface area contributed by atoms with Crippen molar-refractivity contribution < 1.29 is 4.74 Å². The van der Waals surface area contributed by atoms with E-state index >= 15 is 0 Å². The summed E-state index contributed by atoms with van der Waals surface area (Å²) < 4.78 is 5.48. The predicted octanol–water partition coefficient (Wildman–Crippen LogP) is 5.69. The van der Waals surface area contributed by atoms with E-state index in [0.29, 0.717) is 17.5 Å². The van der Waals surface area contributed by atoms with Crippen LogP contribution in [0.1, 0.15) is 51.0 Å². The van der Waals surface area contributed by atoms with E-state index in [4.69, 9.17) is 33.3 Å². The Morgan fingerprint density at radius 3 is 2.71 bits per heavy atom. The van der Waals surface area contributed by atoms with Gasteiger partial charge in [0, 0.05) is 29.7 Å². The molecule has 3 nitrogen and oxygen atoms in total. The third kappa shape index (κ3) is 5.03. The van der Waals surface area contributed by atoms with Gasteiger partial charge in [-0.3, -0.25) is 5.41 Å². The molecular weight excluding hydrogens is 343 g/mol. The number of halogens is 2. The molecule has 1 heterocycles. The summed E-state index contributed by atoms with van der Waals surface area (Å²) in [5, 5.41) is 8.96. The third-order valence-corrected chi connectivity index (χ3v) is 5.36. The molecule has 24 heavy (non-hydrogen) atoms. The molecule has 1 aromatic carbocycles. The van der Waals surface area contributed by atoms with Gasteiger partial charge >= 0.3 is 0 Å². The molecule has 1 aromatic rings. The number of nitrogens with zero attached hydrogens (tertiary/aromatic N) is 1. The number of benzene rings is 1. The topological polar surface area (TPSA) is 36.3 Å². The van der Waals surface area contributed by atoms with E-state index in [1.54, 1.807) is 0 Å². The van der Waals surface area contributed by atoms with Gasteiger partial charge in [-0.15, -0.1) is 11.6 Å². The highest BCUT2D eigenvalue weighted by Crippen LogP contribution is 2.34. The van der Waals surface area contributed by atoms with Gasteiger partial charge in [-0.2, -0.15) is 0 Å². The number of piperidine rings is 1. The maximum absolute atomic E-state index is 8.26. The fraction of sp³-hybridized carbons (Fsp3) is 0.632. The molecule has 2 rings (SSSR count). The number of hydrogen-bond acceptors (Lipinski definition) is 3. The van der Waals surface area contributed by atoms with Crippen LogP contribution in [-0.2, 0) is 4.74 Å². The highest BCUT2D eigenvalue weighted by Gasteiger charge is 2.23. The number of hydrogen-bond donors (Lipinski definition) is 1. The second kappa shape index (κ2) is 9.53. The van der Waals surface area contributed by atoms with E-state index in [2.05, 4.69) is 24.0 Å². The summed E-state index contributed by atoms with van der Waals surface area (Å²) in [6, 6.07) is 6.19. The molecule has 1 aliphatic rings. The van der Waals surface area contributed by atoms with Crippen LogP contribution in [0.2, 0.25) is 5.02 Å². The fourth-order valence-corrected chi connectivity index (χ4v) is 3.63.